The Bertz CT molecular complexity index is 814. The van der Waals surface area contributed by atoms with Crippen LogP contribution in [0.25, 0.3) is 0 Å². The lowest BCUT2D eigenvalue weighted by Crippen LogP contribution is -2.45. The molecule has 0 bridgehead atoms. The molecule has 1 aliphatic heterocycles. The van der Waals surface area contributed by atoms with Crippen LogP contribution in [-0.2, 0) is 16.6 Å². The summed E-state index contributed by atoms with van der Waals surface area (Å²) in [6.07, 6.45) is 8.47. The van der Waals surface area contributed by atoms with Crippen molar-refractivity contribution in [2.75, 3.05) is 20.1 Å². The standard InChI is InChI=1S/C21H33N5O2S/c1-22-21(24-18-12-13-26(15-18)19-4-2-3-5-19)23-14-16-6-10-20(11-7-16)29(27,28)25-17-8-9-17/h6-7,10-11,17-19,25H,2-5,8-9,12-15H2,1H3,(H2,22,23,24). The van der Waals surface area contributed by atoms with Crippen molar-refractivity contribution in [2.45, 2.75) is 74.5 Å². The largest absolute Gasteiger partial charge is 0.352 e. The van der Waals surface area contributed by atoms with Crippen LogP contribution in [0.2, 0.25) is 0 Å². The molecule has 8 heteroatoms. The van der Waals surface area contributed by atoms with E-state index in [0.717, 1.165) is 43.4 Å². The molecule has 1 saturated heterocycles. The maximum absolute atomic E-state index is 12.3. The molecule has 0 amide bonds. The molecule has 1 atom stereocenters. The third kappa shape index (κ3) is 5.49. The van der Waals surface area contributed by atoms with Crippen molar-refractivity contribution in [2.24, 2.45) is 4.99 Å². The molecule has 2 aliphatic carbocycles. The van der Waals surface area contributed by atoms with Crippen molar-refractivity contribution in [1.29, 1.82) is 0 Å². The zero-order valence-electron chi connectivity index (χ0n) is 17.2. The van der Waals surface area contributed by atoms with Crippen LogP contribution >= 0.6 is 0 Å². The van der Waals surface area contributed by atoms with Crippen LogP contribution in [0.15, 0.2) is 34.2 Å². The molecule has 1 aromatic carbocycles. The van der Waals surface area contributed by atoms with Gasteiger partial charge in [0.25, 0.3) is 0 Å². The summed E-state index contributed by atoms with van der Waals surface area (Å²) in [4.78, 5) is 7.31. The number of likely N-dealkylation sites (tertiary alicyclic amines) is 1. The lowest BCUT2D eigenvalue weighted by atomic mass is 10.2. The molecule has 29 heavy (non-hydrogen) atoms. The molecule has 3 aliphatic rings. The summed E-state index contributed by atoms with van der Waals surface area (Å²) < 4.78 is 27.2. The quantitative estimate of drug-likeness (QED) is 0.464. The number of nitrogens with one attached hydrogen (secondary N) is 3. The molecule has 3 fully saturated rings. The highest BCUT2D eigenvalue weighted by Gasteiger charge is 2.30. The zero-order valence-corrected chi connectivity index (χ0v) is 18.0. The molecule has 1 heterocycles. The number of rotatable bonds is 7. The molecule has 0 spiro atoms. The van der Waals surface area contributed by atoms with Gasteiger partial charge in [-0.2, -0.15) is 0 Å². The van der Waals surface area contributed by atoms with Crippen LogP contribution in [-0.4, -0.2) is 57.5 Å². The van der Waals surface area contributed by atoms with E-state index < -0.39 is 10.0 Å². The van der Waals surface area contributed by atoms with E-state index in [2.05, 4.69) is 25.2 Å². The topological polar surface area (TPSA) is 85.8 Å². The van der Waals surface area contributed by atoms with Crippen molar-refractivity contribution in [1.82, 2.24) is 20.3 Å². The van der Waals surface area contributed by atoms with Crippen molar-refractivity contribution < 1.29 is 8.42 Å². The van der Waals surface area contributed by atoms with E-state index in [1.54, 1.807) is 19.2 Å². The smallest absolute Gasteiger partial charge is 0.240 e. The first-order valence-electron chi connectivity index (χ1n) is 10.9. The van der Waals surface area contributed by atoms with Crippen LogP contribution in [0.4, 0.5) is 0 Å². The molecule has 160 valence electrons. The first-order valence-corrected chi connectivity index (χ1v) is 12.3. The summed E-state index contributed by atoms with van der Waals surface area (Å²) in [5.41, 5.74) is 1.03. The van der Waals surface area contributed by atoms with Crippen molar-refractivity contribution in [3.05, 3.63) is 29.8 Å². The molecule has 2 saturated carbocycles. The van der Waals surface area contributed by atoms with Crippen LogP contribution in [0.3, 0.4) is 0 Å². The van der Waals surface area contributed by atoms with Gasteiger partial charge in [-0.25, -0.2) is 13.1 Å². The van der Waals surface area contributed by atoms with Gasteiger partial charge in [-0.15, -0.1) is 0 Å². The predicted octanol–water partition coefficient (Wildman–Crippen LogP) is 1.81. The molecule has 3 N–H and O–H groups in total. The summed E-state index contributed by atoms with van der Waals surface area (Å²) in [6.45, 7) is 2.87. The van der Waals surface area contributed by atoms with Crippen molar-refractivity contribution >= 4 is 16.0 Å². The van der Waals surface area contributed by atoms with Gasteiger partial charge in [0.05, 0.1) is 4.90 Å². The van der Waals surface area contributed by atoms with E-state index in [1.165, 1.54) is 32.2 Å². The van der Waals surface area contributed by atoms with E-state index in [-0.39, 0.29) is 6.04 Å². The molecule has 0 radical (unpaired) electrons. The number of hydrogen-bond donors (Lipinski definition) is 3. The Morgan fingerprint density at radius 2 is 1.79 bits per heavy atom. The summed E-state index contributed by atoms with van der Waals surface area (Å²) in [6, 6.07) is 8.40. The minimum absolute atomic E-state index is 0.121. The van der Waals surface area contributed by atoms with Crippen LogP contribution < -0.4 is 15.4 Å². The highest BCUT2D eigenvalue weighted by molar-refractivity contribution is 7.89. The van der Waals surface area contributed by atoms with E-state index in [0.29, 0.717) is 17.5 Å². The molecule has 7 nitrogen and oxygen atoms in total. The summed E-state index contributed by atoms with van der Waals surface area (Å²) in [7, 11) is -1.60. The fourth-order valence-corrected chi connectivity index (χ4v) is 5.66. The Kier molecular flexibility index (Phi) is 6.41. The maximum atomic E-state index is 12.3. The van der Waals surface area contributed by atoms with Gasteiger partial charge in [0.15, 0.2) is 5.96 Å². The highest BCUT2D eigenvalue weighted by Crippen LogP contribution is 2.26. The van der Waals surface area contributed by atoms with E-state index in [1.807, 2.05) is 12.1 Å². The van der Waals surface area contributed by atoms with Gasteiger partial charge in [-0.3, -0.25) is 9.89 Å². The lowest BCUT2D eigenvalue weighted by Gasteiger charge is -2.24. The average Bonchev–Trinajstić information content (AvgIpc) is 3.18. The first-order chi connectivity index (χ1) is 14.0. The normalized spacial score (nSPS) is 24.2. The summed E-state index contributed by atoms with van der Waals surface area (Å²) in [5, 5.41) is 6.90. The second-order valence-corrected chi connectivity index (χ2v) is 10.2. The van der Waals surface area contributed by atoms with Crippen molar-refractivity contribution in [3.63, 3.8) is 0 Å². The third-order valence-corrected chi connectivity index (χ3v) is 7.75. The SMILES string of the molecule is CN=C(NCc1ccc(S(=O)(=O)NC2CC2)cc1)NC1CCN(C2CCCC2)C1. The Morgan fingerprint density at radius 1 is 1.07 bits per heavy atom. The Balaban J connectivity index is 1.25. The molecule has 1 unspecified atom stereocenters. The van der Waals surface area contributed by atoms with Gasteiger partial charge < -0.3 is 10.6 Å². The van der Waals surface area contributed by atoms with Gasteiger partial charge in [0, 0.05) is 44.8 Å². The maximum Gasteiger partial charge on any atom is 0.240 e. The average molecular weight is 420 g/mol. The summed E-state index contributed by atoms with van der Waals surface area (Å²) >= 11 is 0. The lowest BCUT2D eigenvalue weighted by molar-refractivity contribution is 0.242. The van der Waals surface area contributed by atoms with E-state index in [4.69, 9.17) is 0 Å². The number of sulfonamides is 1. The Labute approximate surface area is 174 Å². The highest BCUT2D eigenvalue weighted by atomic mass is 32.2. The van der Waals surface area contributed by atoms with Gasteiger partial charge >= 0.3 is 0 Å². The fourth-order valence-electron chi connectivity index (χ4n) is 4.36. The van der Waals surface area contributed by atoms with Gasteiger partial charge in [0.2, 0.25) is 10.0 Å². The number of benzene rings is 1. The molecular formula is C21H33N5O2S. The van der Waals surface area contributed by atoms with Crippen LogP contribution in [0, 0.1) is 0 Å². The first kappa shape index (κ1) is 20.6. The van der Waals surface area contributed by atoms with Crippen LogP contribution in [0.1, 0.15) is 50.5 Å². The fraction of sp³-hybridized carbons (Fsp3) is 0.667. The second-order valence-electron chi connectivity index (χ2n) is 8.53. The second kappa shape index (κ2) is 9.02. The Morgan fingerprint density at radius 3 is 2.45 bits per heavy atom. The number of guanidine groups is 1. The van der Waals surface area contributed by atoms with Gasteiger partial charge in [-0.1, -0.05) is 25.0 Å². The number of aliphatic imine (C=N–C) groups is 1. The van der Waals surface area contributed by atoms with E-state index in [9.17, 15) is 8.42 Å². The molecule has 1 aromatic rings. The van der Waals surface area contributed by atoms with Crippen molar-refractivity contribution in [3.8, 4) is 0 Å². The Hall–Kier alpha value is -1.64. The zero-order chi connectivity index (χ0) is 20.3. The van der Waals surface area contributed by atoms with E-state index >= 15 is 0 Å². The van der Waals surface area contributed by atoms with Gasteiger partial charge in [0.1, 0.15) is 0 Å². The minimum atomic E-state index is -3.39. The number of hydrogen-bond acceptors (Lipinski definition) is 4. The monoisotopic (exact) mass is 419 g/mol. The minimum Gasteiger partial charge on any atom is -0.352 e. The van der Waals surface area contributed by atoms with Gasteiger partial charge in [-0.05, 0) is 49.8 Å². The van der Waals surface area contributed by atoms with Crippen LogP contribution in [0.5, 0.6) is 0 Å². The number of nitrogens with zero attached hydrogens (tertiary/aromatic N) is 2. The third-order valence-electron chi connectivity index (χ3n) is 6.22. The predicted molar refractivity (Wildman–Crippen MR) is 115 cm³/mol. The molecule has 4 rings (SSSR count). The molecular weight excluding hydrogens is 386 g/mol. The summed E-state index contributed by atoms with van der Waals surface area (Å²) in [5.74, 6) is 0.801. The molecule has 0 aromatic heterocycles.